The second-order valence-corrected chi connectivity index (χ2v) is 5.11. The van der Waals surface area contributed by atoms with Crippen molar-refractivity contribution in [1.82, 2.24) is 9.80 Å². The Morgan fingerprint density at radius 2 is 1.95 bits per heavy atom. The second kappa shape index (κ2) is 6.45. The lowest BCUT2D eigenvalue weighted by atomic mass is 10.2. The van der Waals surface area contributed by atoms with Crippen LogP contribution in [-0.2, 0) is 0 Å². The average molecular weight is 293 g/mol. The standard InChI is InChI=1S/C14H19N3O4/c1-16-5-2-6-17(8-7-16)14(21)15-11-4-3-10(13(19)20)9-12(11)18/h3-4,9,18H,2,5-8H2,1H3,(H,15,21)(H,19,20). The highest BCUT2D eigenvalue weighted by atomic mass is 16.4. The molecule has 0 aliphatic carbocycles. The molecule has 1 aromatic carbocycles. The van der Waals surface area contributed by atoms with Crippen LogP contribution in [0, 0.1) is 0 Å². The number of likely N-dealkylation sites (N-methyl/N-ethyl adjacent to an activating group) is 1. The van der Waals surface area contributed by atoms with Gasteiger partial charge in [0, 0.05) is 19.6 Å². The van der Waals surface area contributed by atoms with Gasteiger partial charge in [0.05, 0.1) is 11.3 Å². The lowest BCUT2D eigenvalue weighted by Gasteiger charge is -2.21. The summed E-state index contributed by atoms with van der Waals surface area (Å²) in [6.45, 7) is 3.03. The van der Waals surface area contributed by atoms with Gasteiger partial charge in [0.1, 0.15) is 5.75 Å². The molecule has 114 valence electrons. The first kappa shape index (κ1) is 15.1. The summed E-state index contributed by atoms with van der Waals surface area (Å²) in [5.74, 6) is -1.38. The van der Waals surface area contributed by atoms with E-state index in [0.29, 0.717) is 13.1 Å². The van der Waals surface area contributed by atoms with Crippen LogP contribution >= 0.6 is 0 Å². The van der Waals surface area contributed by atoms with Crippen LogP contribution < -0.4 is 5.32 Å². The molecule has 1 aliphatic rings. The predicted molar refractivity (Wildman–Crippen MR) is 77.8 cm³/mol. The second-order valence-electron chi connectivity index (χ2n) is 5.11. The Kier molecular flexibility index (Phi) is 4.64. The summed E-state index contributed by atoms with van der Waals surface area (Å²) in [5, 5.41) is 21.2. The Morgan fingerprint density at radius 3 is 2.62 bits per heavy atom. The highest BCUT2D eigenvalue weighted by Gasteiger charge is 2.18. The molecule has 2 rings (SSSR count). The number of urea groups is 1. The van der Waals surface area contributed by atoms with E-state index in [4.69, 9.17) is 5.11 Å². The Hall–Kier alpha value is -2.28. The van der Waals surface area contributed by atoms with Gasteiger partial charge in [-0.3, -0.25) is 0 Å². The molecule has 1 aromatic rings. The highest BCUT2D eigenvalue weighted by molar-refractivity contribution is 5.93. The van der Waals surface area contributed by atoms with Crippen LogP contribution in [-0.4, -0.2) is 65.2 Å². The van der Waals surface area contributed by atoms with Crippen LogP contribution in [0.1, 0.15) is 16.8 Å². The monoisotopic (exact) mass is 293 g/mol. The normalized spacial score (nSPS) is 16.3. The zero-order valence-electron chi connectivity index (χ0n) is 11.9. The van der Waals surface area contributed by atoms with Crippen LogP contribution in [0.4, 0.5) is 10.5 Å². The first-order valence-electron chi connectivity index (χ1n) is 6.78. The minimum atomic E-state index is -1.13. The molecule has 21 heavy (non-hydrogen) atoms. The molecular weight excluding hydrogens is 274 g/mol. The predicted octanol–water partition coefficient (Wildman–Crippen LogP) is 1.26. The minimum Gasteiger partial charge on any atom is -0.506 e. The molecule has 1 aliphatic heterocycles. The number of rotatable bonds is 2. The number of carbonyl (C=O) groups excluding carboxylic acids is 1. The van der Waals surface area contributed by atoms with E-state index in [-0.39, 0.29) is 23.0 Å². The number of carbonyl (C=O) groups is 2. The Bertz CT molecular complexity index is 547. The largest absolute Gasteiger partial charge is 0.506 e. The minimum absolute atomic E-state index is 0.0260. The maximum atomic E-state index is 12.2. The van der Waals surface area contributed by atoms with Crippen molar-refractivity contribution in [2.45, 2.75) is 6.42 Å². The van der Waals surface area contributed by atoms with E-state index in [2.05, 4.69) is 10.2 Å². The number of anilines is 1. The molecule has 2 amide bonds. The number of nitrogens with zero attached hydrogens (tertiary/aromatic N) is 2. The number of hydrogen-bond acceptors (Lipinski definition) is 4. The van der Waals surface area contributed by atoms with Gasteiger partial charge in [-0.1, -0.05) is 0 Å². The fourth-order valence-corrected chi connectivity index (χ4v) is 2.21. The summed E-state index contributed by atoms with van der Waals surface area (Å²) >= 11 is 0. The van der Waals surface area contributed by atoms with Gasteiger partial charge >= 0.3 is 12.0 Å². The number of carboxylic acids is 1. The third-order valence-corrected chi connectivity index (χ3v) is 3.49. The van der Waals surface area contributed by atoms with Crippen molar-refractivity contribution in [2.24, 2.45) is 0 Å². The van der Waals surface area contributed by atoms with Crippen molar-refractivity contribution in [1.29, 1.82) is 0 Å². The van der Waals surface area contributed by atoms with Gasteiger partial charge < -0.3 is 25.3 Å². The van der Waals surface area contributed by atoms with Crippen LogP contribution in [0.5, 0.6) is 5.75 Å². The molecule has 0 spiro atoms. The third kappa shape index (κ3) is 3.85. The van der Waals surface area contributed by atoms with Crippen molar-refractivity contribution >= 4 is 17.7 Å². The smallest absolute Gasteiger partial charge is 0.335 e. The van der Waals surface area contributed by atoms with Crippen molar-refractivity contribution in [3.05, 3.63) is 23.8 Å². The number of nitrogens with one attached hydrogen (secondary N) is 1. The van der Waals surface area contributed by atoms with Gasteiger partial charge in [0.2, 0.25) is 0 Å². The molecule has 0 radical (unpaired) electrons. The maximum absolute atomic E-state index is 12.2. The molecule has 0 bridgehead atoms. The number of hydrogen-bond donors (Lipinski definition) is 3. The van der Waals surface area contributed by atoms with Gasteiger partial charge in [0.25, 0.3) is 0 Å². The van der Waals surface area contributed by atoms with E-state index < -0.39 is 5.97 Å². The fourth-order valence-electron chi connectivity index (χ4n) is 2.21. The van der Waals surface area contributed by atoms with Crippen molar-refractivity contribution in [2.75, 3.05) is 38.5 Å². The van der Waals surface area contributed by atoms with Crippen LogP contribution in [0.15, 0.2) is 18.2 Å². The molecule has 0 saturated carbocycles. The fraction of sp³-hybridized carbons (Fsp3) is 0.429. The first-order valence-corrected chi connectivity index (χ1v) is 6.78. The molecule has 1 saturated heterocycles. The van der Waals surface area contributed by atoms with Crippen LogP contribution in [0.2, 0.25) is 0 Å². The van der Waals surface area contributed by atoms with Gasteiger partial charge in [-0.25, -0.2) is 9.59 Å². The maximum Gasteiger partial charge on any atom is 0.335 e. The highest BCUT2D eigenvalue weighted by Crippen LogP contribution is 2.24. The molecule has 7 heteroatoms. The number of aromatic hydroxyl groups is 1. The van der Waals surface area contributed by atoms with Gasteiger partial charge in [-0.2, -0.15) is 0 Å². The molecule has 7 nitrogen and oxygen atoms in total. The summed E-state index contributed by atoms with van der Waals surface area (Å²) in [6.07, 6.45) is 0.897. The number of amides is 2. The molecular formula is C14H19N3O4. The molecule has 3 N–H and O–H groups in total. The van der Waals surface area contributed by atoms with Gasteiger partial charge in [-0.15, -0.1) is 0 Å². The number of phenols is 1. The molecule has 0 unspecified atom stereocenters. The molecule has 0 aromatic heterocycles. The lowest BCUT2D eigenvalue weighted by molar-refractivity contribution is 0.0696. The summed E-state index contributed by atoms with van der Waals surface area (Å²) in [6, 6.07) is 3.56. The lowest BCUT2D eigenvalue weighted by Crippen LogP contribution is -2.37. The zero-order valence-corrected chi connectivity index (χ0v) is 11.9. The summed E-state index contributed by atoms with van der Waals surface area (Å²) in [7, 11) is 2.01. The van der Waals surface area contributed by atoms with E-state index >= 15 is 0 Å². The zero-order chi connectivity index (χ0) is 15.4. The van der Waals surface area contributed by atoms with E-state index in [1.807, 2.05) is 7.05 Å². The van der Waals surface area contributed by atoms with E-state index in [9.17, 15) is 14.7 Å². The quantitative estimate of drug-likeness (QED) is 0.714. The van der Waals surface area contributed by atoms with Gasteiger partial charge in [0.15, 0.2) is 0 Å². The molecule has 1 fully saturated rings. The topological polar surface area (TPSA) is 93.1 Å². The van der Waals surface area contributed by atoms with Crippen molar-refractivity contribution in [3.63, 3.8) is 0 Å². The molecule has 0 atom stereocenters. The molecule has 1 heterocycles. The first-order chi connectivity index (χ1) is 9.97. The summed E-state index contributed by atoms with van der Waals surface area (Å²) in [5.41, 5.74) is 0.185. The SMILES string of the molecule is CN1CCCN(C(=O)Nc2ccc(C(=O)O)cc2O)CC1. The number of phenolic OH excluding ortho intramolecular Hbond substituents is 1. The number of aromatic carboxylic acids is 1. The summed E-state index contributed by atoms with van der Waals surface area (Å²) < 4.78 is 0. The average Bonchev–Trinajstić information content (AvgIpc) is 2.65. The van der Waals surface area contributed by atoms with Gasteiger partial charge in [-0.05, 0) is 38.2 Å². The van der Waals surface area contributed by atoms with E-state index in [0.717, 1.165) is 25.6 Å². The number of carboxylic acid groups (broad SMARTS) is 1. The third-order valence-electron chi connectivity index (χ3n) is 3.49. The van der Waals surface area contributed by atoms with Crippen LogP contribution in [0.25, 0.3) is 0 Å². The van der Waals surface area contributed by atoms with E-state index in [1.54, 1.807) is 4.90 Å². The Morgan fingerprint density at radius 1 is 1.19 bits per heavy atom. The van der Waals surface area contributed by atoms with Crippen molar-refractivity contribution in [3.8, 4) is 5.75 Å². The summed E-state index contributed by atoms with van der Waals surface area (Å²) in [4.78, 5) is 26.8. The van der Waals surface area contributed by atoms with Crippen LogP contribution in [0.3, 0.4) is 0 Å². The Labute approximate surface area is 122 Å². The van der Waals surface area contributed by atoms with E-state index in [1.165, 1.54) is 12.1 Å². The Balaban J connectivity index is 2.03. The van der Waals surface area contributed by atoms with Crippen molar-refractivity contribution < 1.29 is 19.8 Å². The number of benzene rings is 1.